The molecule has 2 heterocycles. The van der Waals surface area contributed by atoms with Crippen molar-refractivity contribution in [2.45, 2.75) is 18.9 Å². The van der Waals surface area contributed by atoms with Crippen LogP contribution in [0.2, 0.25) is 0 Å². The molecular formula is C22H23FN2O2S. The molecule has 2 N–H and O–H groups in total. The Morgan fingerprint density at radius 1 is 1.21 bits per heavy atom. The van der Waals surface area contributed by atoms with Crippen LogP contribution in [0.1, 0.15) is 33.1 Å². The fraction of sp³-hybridized carbons (Fsp3) is 0.318. The molecule has 1 aromatic heterocycles. The molecule has 3 aromatic rings. The molecular weight excluding hydrogens is 375 g/mol. The number of carbonyl (C=O) groups is 1. The lowest BCUT2D eigenvalue weighted by Gasteiger charge is -2.17. The Bertz CT molecular complexity index is 970. The van der Waals surface area contributed by atoms with Gasteiger partial charge in [-0.05, 0) is 47.7 Å². The largest absolute Gasteiger partial charge is 0.395 e. The SMILES string of the molecule is O=C(NCCO)c1sc2ccccc2c1[C@@H]1CCN(Cc2ccc(F)cc2)C1. The summed E-state index contributed by atoms with van der Waals surface area (Å²) in [5, 5.41) is 13.0. The first-order chi connectivity index (χ1) is 13.7. The number of hydrogen-bond donors (Lipinski definition) is 2. The van der Waals surface area contributed by atoms with Gasteiger partial charge < -0.3 is 10.4 Å². The molecule has 2 aromatic carbocycles. The van der Waals surface area contributed by atoms with Gasteiger partial charge in [0.25, 0.3) is 5.91 Å². The number of rotatable bonds is 6. The fourth-order valence-electron chi connectivity index (χ4n) is 3.95. The zero-order valence-corrected chi connectivity index (χ0v) is 16.3. The van der Waals surface area contributed by atoms with E-state index in [2.05, 4.69) is 22.3 Å². The maximum Gasteiger partial charge on any atom is 0.261 e. The predicted molar refractivity (Wildman–Crippen MR) is 110 cm³/mol. The number of hydrogen-bond acceptors (Lipinski definition) is 4. The second-order valence-corrected chi connectivity index (χ2v) is 8.22. The fourth-order valence-corrected chi connectivity index (χ4v) is 5.15. The molecule has 0 spiro atoms. The number of likely N-dealkylation sites (tertiary alicyclic amines) is 1. The van der Waals surface area contributed by atoms with Gasteiger partial charge in [0.2, 0.25) is 0 Å². The van der Waals surface area contributed by atoms with Crippen molar-refractivity contribution in [3.63, 3.8) is 0 Å². The van der Waals surface area contributed by atoms with E-state index in [1.54, 1.807) is 0 Å². The lowest BCUT2D eigenvalue weighted by Crippen LogP contribution is -2.27. The summed E-state index contributed by atoms with van der Waals surface area (Å²) in [4.78, 5) is 15.8. The van der Waals surface area contributed by atoms with Gasteiger partial charge in [-0.2, -0.15) is 0 Å². The number of halogens is 1. The first kappa shape index (κ1) is 19.1. The summed E-state index contributed by atoms with van der Waals surface area (Å²) in [7, 11) is 0. The normalized spacial score (nSPS) is 17.3. The van der Waals surface area contributed by atoms with E-state index in [-0.39, 0.29) is 30.8 Å². The van der Waals surface area contributed by atoms with Gasteiger partial charge in [-0.25, -0.2) is 4.39 Å². The molecule has 1 atom stereocenters. The van der Waals surface area contributed by atoms with Crippen LogP contribution in [0.4, 0.5) is 4.39 Å². The Morgan fingerprint density at radius 3 is 2.79 bits per heavy atom. The topological polar surface area (TPSA) is 52.6 Å². The number of aliphatic hydroxyl groups excluding tert-OH is 1. The van der Waals surface area contributed by atoms with E-state index < -0.39 is 0 Å². The van der Waals surface area contributed by atoms with Gasteiger partial charge in [0.1, 0.15) is 5.82 Å². The predicted octanol–water partition coefficient (Wildman–Crippen LogP) is 3.75. The monoisotopic (exact) mass is 398 g/mol. The maximum absolute atomic E-state index is 13.1. The zero-order valence-electron chi connectivity index (χ0n) is 15.5. The van der Waals surface area contributed by atoms with Gasteiger partial charge in [-0.3, -0.25) is 9.69 Å². The maximum atomic E-state index is 13.1. The summed E-state index contributed by atoms with van der Waals surface area (Å²) >= 11 is 1.52. The van der Waals surface area contributed by atoms with Crippen LogP contribution < -0.4 is 5.32 Å². The van der Waals surface area contributed by atoms with E-state index in [0.29, 0.717) is 0 Å². The summed E-state index contributed by atoms with van der Waals surface area (Å²) < 4.78 is 14.3. The standard InChI is InChI=1S/C22H23FN2O2S/c23-17-7-5-15(6-8-17)13-25-11-9-16(14-25)20-18-3-1-2-4-19(18)28-21(20)22(27)24-10-12-26/h1-8,16,26H,9-14H2,(H,24,27)/t16-/m1/s1. The summed E-state index contributed by atoms with van der Waals surface area (Å²) in [5.41, 5.74) is 2.22. The van der Waals surface area contributed by atoms with Crippen LogP contribution in [0.5, 0.6) is 0 Å². The zero-order chi connectivity index (χ0) is 19.5. The van der Waals surface area contributed by atoms with Gasteiger partial charge in [0.15, 0.2) is 0 Å². The molecule has 1 aliphatic rings. The van der Waals surface area contributed by atoms with E-state index in [9.17, 15) is 9.18 Å². The highest BCUT2D eigenvalue weighted by Crippen LogP contribution is 2.40. The number of carbonyl (C=O) groups excluding carboxylic acids is 1. The first-order valence-electron chi connectivity index (χ1n) is 9.53. The molecule has 1 amide bonds. The number of fused-ring (bicyclic) bond motifs is 1. The van der Waals surface area contributed by atoms with Crippen LogP contribution >= 0.6 is 11.3 Å². The molecule has 0 radical (unpaired) electrons. The van der Waals surface area contributed by atoms with E-state index in [0.717, 1.165) is 52.1 Å². The Hall–Kier alpha value is -2.28. The van der Waals surface area contributed by atoms with Crippen molar-refractivity contribution in [3.8, 4) is 0 Å². The minimum Gasteiger partial charge on any atom is -0.395 e. The van der Waals surface area contributed by atoms with Crippen LogP contribution in [0.25, 0.3) is 10.1 Å². The number of aliphatic hydroxyl groups is 1. The first-order valence-corrected chi connectivity index (χ1v) is 10.3. The van der Waals surface area contributed by atoms with Crippen LogP contribution in [0.15, 0.2) is 48.5 Å². The van der Waals surface area contributed by atoms with E-state index in [4.69, 9.17) is 5.11 Å². The molecule has 1 saturated heterocycles. The molecule has 4 rings (SSSR count). The number of nitrogens with one attached hydrogen (secondary N) is 1. The Morgan fingerprint density at radius 2 is 2.00 bits per heavy atom. The van der Waals surface area contributed by atoms with Crippen molar-refractivity contribution < 1.29 is 14.3 Å². The van der Waals surface area contributed by atoms with Crippen LogP contribution in [-0.4, -0.2) is 42.2 Å². The second kappa shape index (κ2) is 8.39. The molecule has 0 bridgehead atoms. The summed E-state index contributed by atoms with van der Waals surface area (Å²) in [6.45, 7) is 2.79. The molecule has 1 aliphatic heterocycles. The van der Waals surface area contributed by atoms with E-state index >= 15 is 0 Å². The van der Waals surface area contributed by atoms with Gasteiger partial charge in [0.05, 0.1) is 11.5 Å². The quantitative estimate of drug-likeness (QED) is 0.665. The highest BCUT2D eigenvalue weighted by atomic mass is 32.1. The minimum atomic E-state index is -0.216. The average molecular weight is 399 g/mol. The Kier molecular flexibility index (Phi) is 5.71. The molecule has 4 nitrogen and oxygen atoms in total. The molecule has 6 heteroatoms. The number of nitrogens with zero attached hydrogens (tertiary/aromatic N) is 1. The molecule has 146 valence electrons. The van der Waals surface area contributed by atoms with Crippen molar-refractivity contribution in [2.75, 3.05) is 26.2 Å². The Balaban J connectivity index is 1.58. The summed E-state index contributed by atoms with van der Waals surface area (Å²) in [6.07, 6.45) is 0.988. The number of benzene rings is 2. The number of amides is 1. The van der Waals surface area contributed by atoms with Crippen molar-refractivity contribution >= 4 is 27.3 Å². The third-order valence-corrected chi connectivity index (χ3v) is 6.42. The second-order valence-electron chi connectivity index (χ2n) is 7.17. The van der Waals surface area contributed by atoms with Crippen LogP contribution in [0.3, 0.4) is 0 Å². The number of thiophene rings is 1. The van der Waals surface area contributed by atoms with Crippen molar-refractivity contribution in [3.05, 3.63) is 70.4 Å². The summed E-state index contributed by atoms with van der Waals surface area (Å²) in [6, 6.07) is 14.8. The van der Waals surface area contributed by atoms with Crippen molar-refractivity contribution in [2.24, 2.45) is 0 Å². The highest BCUT2D eigenvalue weighted by molar-refractivity contribution is 7.21. The van der Waals surface area contributed by atoms with Gasteiger partial charge in [-0.15, -0.1) is 11.3 Å². The minimum absolute atomic E-state index is 0.0686. The van der Waals surface area contributed by atoms with Crippen LogP contribution in [-0.2, 0) is 6.54 Å². The van der Waals surface area contributed by atoms with Gasteiger partial charge in [0, 0.05) is 30.3 Å². The third kappa shape index (κ3) is 3.94. The Labute approximate surface area is 167 Å². The van der Waals surface area contributed by atoms with E-state index in [1.165, 1.54) is 23.5 Å². The van der Waals surface area contributed by atoms with Crippen molar-refractivity contribution in [1.29, 1.82) is 0 Å². The van der Waals surface area contributed by atoms with E-state index in [1.807, 2.05) is 24.3 Å². The molecule has 0 saturated carbocycles. The summed E-state index contributed by atoms with van der Waals surface area (Å²) in [5.74, 6) is -0.0416. The third-order valence-electron chi connectivity index (χ3n) is 5.24. The van der Waals surface area contributed by atoms with Gasteiger partial charge >= 0.3 is 0 Å². The average Bonchev–Trinajstić information content (AvgIpc) is 3.32. The van der Waals surface area contributed by atoms with Crippen molar-refractivity contribution in [1.82, 2.24) is 10.2 Å². The highest BCUT2D eigenvalue weighted by Gasteiger charge is 2.30. The van der Waals surface area contributed by atoms with Crippen LogP contribution in [0, 0.1) is 5.82 Å². The van der Waals surface area contributed by atoms with Gasteiger partial charge in [-0.1, -0.05) is 30.3 Å². The molecule has 0 aliphatic carbocycles. The lowest BCUT2D eigenvalue weighted by atomic mass is 9.95. The molecule has 0 unspecified atom stereocenters. The molecule has 28 heavy (non-hydrogen) atoms. The smallest absolute Gasteiger partial charge is 0.261 e. The molecule has 1 fully saturated rings. The lowest BCUT2D eigenvalue weighted by molar-refractivity contribution is 0.0947.